The van der Waals surface area contributed by atoms with E-state index in [0.29, 0.717) is 7.25 Å². The molecule has 2 heterocycles. The minimum atomic E-state index is -0.900. The van der Waals surface area contributed by atoms with Gasteiger partial charge in [0.05, 0.1) is 0 Å². The number of benzene rings is 2. The fraction of sp³-hybridized carbons (Fsp3) is 0.0833. The number of hydrogen-bond acceptors (Lipinski definition) is 2. The Bertz CT molecular complexity index is 1150. The van der Waals surface area contributed by atoms with Crippen molar-refractivity contribution in [3.63, 3.8) is 0 Å². The van der Waals surface area contributed by atoms with Crippen LogP contribution in [-0.4, -0.2) is 9.49 Å². The molecule has 2 aliphatic rings. The van der Waals surface area contributed by atoms with E-state index >= 15 is 0 Å². The molecule has 2 aromatic carbocycles. The Morgan fingerprint density at radius 2 is 1.06 bits per heavy atom. The summed E-state index contributed by atoms with van der Waals surface area (Å²) in [6.45, 7) is 0. The number of aromatic nitrogens is 2. The van der Waals surface area contributed by atoms with Crippen LogP contribution in [-0.2, 0) is 23.2 Å². The SMILES string of the molecule is C1=C(p2cccn2)[CH]([Zr+2][CH]2C(p3cccn3)=Cc3ccccc32)c2ccccc21.[Cl-].[Cl-]. The summed E-state index contributed by atoms with van der Waals surface area (Å²) in [7, 11) is -1.02. The largest absolute Gasteiger partial charge is 1.00 e. The summed E-state index contributed by atoms with van der Waals surface area (Å²) in [5.74, 6) is 4.62. The van der Waals surface area contributed by atoms with Crippen molar-refractivity contribution in [1.82, 2.24) is 9.49 Å². The Morgan fingerprint density at radius 1 is 0.613 bits per heavy atom. The van der Waals surface area contributed by atoms with Gasteiger partial charge in [0.2, 0.25) is 0 Å². The summed E-state index contributed by atoms with van der Waals surface area (Å²) in [4.78, 5) is 0. The maximum atomic E-state index is 4.81. The molecule has 2 aromatic heterocycles. The van der Waals surface area contributed by atoms with Crippen LogP contribution in [0.3, 0.4) is 0 Å². The Labute approximate surface area is 208 Å². The molecular formula is C24H18Cl2N2P2Zr. The van der Waals surface area contributed by atoms with E-state index in [4.69, 9.17) is 9.49 Å². The molecule has 31 heavy (non-hydrogen) atoms. The van der Waals surface area contributed by atoms with Gasteiger partial charge in [-0.1, -0.05) is 0 Å². The van der Waals surface area contributed by atoms with Crippen LogP contribution in [0.25, 0.3) is 22.8 Å². The van der Waals surface area contributed by atoms with Crippen LogP contribution < -0.4 is 24.8 Å². The maximum absolute atomic E-state index is 4.81. The standard InChI is InChI=1S/2C12H9NP.2ClH.Zr/c2*1-2-5-11-9-12(8-10(11)4-1)14-7-3-6-13-14;;;/h2*1-9H;2*1H;/q;;;;+2/p-2. The Hall–Kier alpha value is -1.20. The summed E-state index contributed by atoms with van der Waals surface area (Å²) in [6, 6.07) is 22.2. The molecule has 0 aliphatic heterocycles. The molecule has 0 saturated carbocycles. The molecular weight excluding hydrogens is 540 g/mol. The van der Waals surface area contributed by atoms with Gasteiger partial charge in [-0.3, -0.25) is 0 Å². The molecule has 0 spiro atoms. The van der Waals surface area contributed by atoms with Gasteiger partial charge in [0.15, 0.2) is 0 Å². The first kappa shape index (κ1) is 23.0. The number of halogens is 2. The second-order valence-electron chi connectivity index (χ2n) is 7.33. The third-order valence-corrected chi connectivity index (χ3v) is 15.1. The van der Waals surface area contributed by atoms with Gasteiger partial charge in [0.25, 0.3) is 0 Å². The molecule has 0 saturated heterocycles. The zero-order valence-corrected chi connectivity index (χ0v) is 22.2. The molecule has 0 amide bonds. The second-order valence-corrected chi connectivity index (χ2v) is 14.5. The average Bonchev–Trinajstić information content (AvgIpc) is 3.55. The smallest absolute Gasteiger partial charge is 1.00 e. The molecule has 152 valence electrons. The van der Waals surface area contributed by atoms with Gasteiger partial charge in [-0.15, -0.1) is 0 Å². The van der Waals surface area contributed by atoms with E-state index < -0.39 is 38.6 Å². The van der Waals surface area contributed by atoms with Crippen molar-refractivity contribution in [3.8, 4) is 0 Å². The fourth-order valence-corrected chi connectivity index (χ4v) is 14.5. The summed E-state index contributed by atoms with van der Waals surface area (Å²) in [5.41, 5.74) is 5.89. The Morgan fingerprint density at radius 3 is 1.48 bits per heavy atom. The third kappa shape index (κ3) is 4.13. The molecule has 4 atom stereocenters. The molecule has 6 rings (SSSR count). The Balaban J connectivity index is 0.00000116. The Kier molecular flexibility index (Phi) is 7.22. The average molecular weight is 559 g/mol. The van der Waals surface area contributed by atoms with Crippen molar-refractivity contribution in [2.75, 3.05) is 0 Å². The van der Waals surface area contributed by atoms with E-state index in [1.807, 2.05) is 12.4 Å². The first-order valence-corrected chi connectivity index (χ1v) is 15.3. The molecule has 2 nitrogen and oxygen atoms in total. The van der Waals surface area contributed by atoms with Crippen LogP contribution in [0.4, 0.5) is 0 Å². The monoisotopic (exact) mass is 556 g/mol. The summed E-state index contributed by atoms with van der Waals surface area (Å²) < 4.78 is 10.8. The van der Waals surface area contributed by atoms with E-state index in [-0.39, 0.29) is 24.8 Å². The van der Waals surface area contributed by atoms with Crippen LogP contribution in [0.15, 0.2) is 84.7 Å². The molecule has 7 heteroatoms. The third-order valence-electron chi connectivity index (χ3n) is 5.68. The van der Waals surface area contributed by atoms with Crippen LogP contribution in [0.1, 0.15) is 29.5 Å². The van der Waals surface area contributed by atoms with Crippen molar-refractivity contribution in [3.05, 3.63) is 107 Å². The van der Waals surface area contributed by atoms with Gasteiger partial charge in [-0.05, 0) is 0 Å². The van der Waals surface area contributed by atoms with Gasteiger partial charge in [0, 0.05) is 0 Å². The molecule has 0 fully saturated rings. The van der Waals surface area contributed by atoms with Gasteiger partial charge >= 0.3 is 185 Å². The molecule has 0 bridgehead atoms. The fourth-order valence-electron chi connectivity index (χ4n) is 4.37. The zero-order chi connectivity index (χ0) is 19.2. The van der Waals surface area contributed by atoms with Gasteiger partial charge in [0.1, 0.15) is 0 Å². The maximum Gasteiger partial charge on any atom is -1.00 e. The van der Waals surface area contributed by atoms with E-state index in [1.54, 1.807) is 10.6 Å². The first-order chi connectivity index (χ1) is 14.4. The predicted octanol–water partition coefficient (Wildman–Crippen LogP) is 1.35. The summed E-state index contributed by atoms with van der Waals surface area (Å²) >= 11 is -0.900. The number of rotatable bonds is 4. The number of allylic oxidation sites excluding steroid dienone is 2. The van der Waals surface area contributed by atoms with E-state index in [2.05, 4.69) is 84.4 Å². The van der Waals surface area contributed by atoms with Crippen molar-refractivity contribution < 1.29 is 48.0 Å². The normalized spacial score (nSPS) is 19.2. The molecule has 4 aromatic rings. The van der Waals surface area contributed by atoms with Gasteiger partial charge in [-0.2, -0.15) is 0 Å². The van der Waals surface area contributed by atoms with Crippen molar-refractivity contribution in [1.29, 1.82) is 0 Å². The van der Waals surface area contributed by atoms with Gasteiger partial charge in [-0.25, -0.2) is 0 Å². The van der Waals surface area contributed by atoms with E-state index in [1.165, 1.54) is 22.3 Å². The van der Waals surface area contributed by atoms with Crippen LogP contribution in [0.5, 0.6) is 0 Å². The first-order valence-electron chi connectivity index (χ1n) is 9.75. The van der Waals surface area contributed by atoms with Crippen LogP contribution in [0, 0.1) is 0 Å². The minimum Gasteiger partial charge on any atom is -1.00 e. The molecule has 2 aliphatic carbocycles. The van der Waals surface area contributed by atoms with Crippen LogP contribution in [0.2, 0.25) is 0 Å². The van der Waals surface area contributed by atoms with Crippen molar-refractivity contribution >= 4 is 38.2 Å². The van der Waals surface area contributed by atoms with Crippen molar-refractivity contribution in [2.24, 2.45) is 0 Å². The summed E-state index contributed by atoms with van der Waals surface area (Å²) in [5, 5.41) is 3.14. The second kappa shape index (κ2) is 9.74. The predicted molar refractivity (Wildman–Crippen MR) is 121 cm³/mol. The zero-order valence-electron chi connectivity index (χ0n) is 16.4. The molecule has 0 radical (unpaired) electrons. The molecule has 4 unspecified atom stereocenters. The quantitative estimate of drug-likeness (QED) is 0.378. The van der Waals surface area contributed by atoms with Gasteiger partial charge < -0.3 is 24.8 Å². The van der Waals surface area contributed by atoms with Crippen LogP contribution >= 0.6 is 15.4 Å². The molecule has 0 N–H and O–H groups in total. The number of hydrogen-bond donors (Lipinski definition) is 0. The van der Waals surface area contributed by atoms with E-state index in [9.17, 15) is 0 Å². The van der Waals surface area contributed by atoms with Crippen molar-refractivity contribution in [2.45, 2.75) is 7.25 Å². The van der Waals surface area contributed by atoms with E-state index in [0.717, 1.165) is 0 Å². The summed E-state index contributed by atoms with van der Waals surface area (Å²) in [6.07, 6.45) is 8.86. The number of nitrogens with zero attached hydrogens (tertiary/aromatic N) is 2. The number of fused-ring (bicyclic) bond motifs is 2. The topological polar surface area (TPSA) is 25.8 Å². The minimum absolute atomic E-state index is 0.